The second kappa shape index (κ2) is 9.25. The fourth-order valence-corrected chi connectivity index (χ4v) is 4.16. The molecule has 2 heterocycles. The predicted octanol–water partition coefficient (Wildman–Crippen LogP) is 3.46. The third-order valence-electron chi connectivity index (χ3n) is 5.06. The summed E-state index contributed by atoms with van der Waals surface area (Å²) in [5.74, 6) is 0.878. The highest BCUT2D eigenvalue weighted by atomic mass is 32.2. The standard InChI is InChI=1S/C24H20N4O4S/c29-22(27-28-23(30)21-13-31-19-7-3-4-8-20(19)32-21)16-11-9-15(10-12-16)14-33-24-25-17-5-1-2-6-18(17)26-24/h1-12,21H,13-14H2,(H,25,26)(H,27,29)(H,28,30)/t21-/m0/s1. The zero-order valence-electron chi connectivity index (χ0n) is 17.4. The van der Waals surface area contributed by atoms with Crippen LogP contribution in [0.25, 0.3) is 11.0 Å². The van der Waals surface area contributed by atoms with Crippen LogP contribution in [0.1, 0.15) is 15.9 Å². The molecule has 1 aromatic heterocycles. The third-order valence-corrected chi connectivity index (χ3v) is 6.00. The monoisotopic (exact) mass is 460 g/mol. The van der Waals surface area contributed by atoms with E-state index < -0.39 is 17.9 Å². The van der Waals surface area contributed by atoms with E-state index in [4.69, 9.17) is 9.47 Å². The first-order chi connectivity index (χ1) is 16.2. The molecule has 3 N–H and O–H groups in total. The Balaban J connectivity index is 1.12. The lowest BCUT2D eigenvalue weighted by Crippen LogP contribution is -2.50. The summed E-state index contributed by atoms with van der Waals surface area (Å²) >= 11 is 1.59. The number of para-hydroxylation sites is 4. The van der Waals surface area contributed by atoms with Gasteiger partial charge in [0.2, 0.25) is 6.10 Å². The molecule has 9 heteroatoms. The highest BCUT2D eigenvalue weighted by molar-refractivity contribution is 7.98. The van der Waals surface area contributed by atoms with Gasteiger partial charge in [0.05, 0.1) is 11.0 Å². The predicted molar refractivity (Wildman–Crippen MR) is 124 cm³/mol. The Morgan fingerprint density at radius 2 is 1.73 bits per heavy atom. The summed E-state index contributed by atoms with van der Waals surface area (Å²) in [6.07, 6.45) is -0.849. The van der Waals surface area contributed by atoms with Crippen LogP contribution in [-0.2, 0) is 10.5 Å². The minimum atomic E-state index is -0.849. The van der Waals surface area contributed by atoms with E-state index in [0.29, 0.717) is 22.8 Å². The van der Waals surface area contributed by atoms with E-state index in [1.807, 2.05) is 42.5 Å². The molecule has 0 saturated heterocycles. The Kier molecular flexibility index (Phi) is 5.86. The average molecular weight is 461 g/mol. The topological polar surface area (TPSA) is 105 Å². The molecule has 5 rings (SSSR count). The largest absolute Gasteiger partial charge is 0.485 e. The molecule has 1 atom stereocenters. The van der Waals surface area contributed by atoms with Crippen LogP contribution < -0.4 is 20.3 Å². The first kappa shape index (κ1) is 20.9. The number of nitrogens with one attached hydrogen (secondary N) is 3. The Labute approximate surface area is 193 Å². The van der Waals surface area contributed by atoms with Gasteiger partial charge in [0.1, 0.15) is 6.61 Å². The van der Waals surface area contributed by atoms with Crippen molar-refractivity contribution < 1.29 is 19.1 Å². The number of carbonyl (C=O) groups excluding carboxylic acids is 2. The Morgan fingerprint density at radius 3 is 2.55 bits per heavy atom. The quantitative estimate of drug-likeness (QED) is 0.311. The fourth-order valence-electron chi connectivity index (χ4n) is 3.32. The SMILES string of the molecule is O=C(NNC(=O)[C@@H]1COc2ccccc2O1)c1ccc(CSc2nc3ccccc3[nH]2)cc1. The van der Waals surface area contributed by atoms with Crippen LogP contribution in [0.2, 0.25) is 0 Å². The van der Waals surface area contributed by atoms with Crippen molar-refractivity contribution in [2.45, 2.75) is 17.0 Å². The number of aromatic amines is 1. The van der Waals surface area contributed by atoms with Crippen molar-refractivity contribution in [3.63, 3.8) is 0 Å². The summed E-state index contributed by atoms with van der Waals surface area (Å²) < 4.78 is 11.2. The van der Waals surface area contributed by atoms with Gasteiger partial charge in [-0.25, -0.2) is 4.98 Å². The van der Waals surface area contributed by atoms with Crippen molar-refractivity contribution in [2.24, 2.45) is 0 Å². The molecule has 0 fully saturated rings. The zero-order valence-corrected chi connectivity index (χ0v) is 18.2. The van der Waals surface area contributed by atoms with Crippen LogP contribution in [0, 0.1) is 0 Å². The molecular formula is C24H20N4O4S. The van der Waals surface area contributed by atoms with Crippen LogP contribution in [0.4, 0.5) is 0 Å². The average Bonchev–Trinajstić information content (AvgIpc) is 3.29. The number of hydrogen-bond acceptors (Lipinski definition) is 6. The molecule has 0 aliphatic carbocycles. The van der Waals surface area contributed by atoms with Gasteiger partial charge in [-0.05, 0) is 42.0 Å². The van der Waals surface area contributed by atoms with Crippen LogP contribution in [0.15, 0.2) is 78.0 Å². The number of ether oxygens (including phenoxy) is 2. The van der Waals surface area contributed by atoms with Crippen molar-refractivity contribution >= 4 is 34.6 Å². The van der Waals surface area contributed by atoms with Gasteiger partial charge in [-0.1, -0.05) is 48.2 Å². The van der Waals surface area contributed by atoms with E-state index in [-0.39, 0.29) is 6.61 Å². The Morgan fingerprint density at radius 1 is 0.970 bits per heavy atom. The first-order valence-corrected chi connectivity index (χ1v) is 11.3. The van der Waals surface area contributed by atoms with Crippen LogP contribution >= 0.6 is 11.8 Å². The molecule has 8 nitrogen and oxygen atoms in total. The number of carbonyl (C=O) groups is 2. The number of hydrazine groups is 1. The number of rotatable bonds is 5. The van der Waals surface area contributed by atoms with E-state index in [0.717, 1.165) is 21.8 Å². The zero-order chi connectivity index (χ0) is 22.6. The second-order valence-corrected chi connectivity index (χ2v) is 8.32. The number of nitrogens with zero attached hydrogens (tertiary/aromatic N) is 1. The number of imidazole rings is 1. The van der Waals surface area contributed by atoms with Gasteiger partial charge in [0.15, 0.2) is 16.7 Å². The van der Waals surface area contributed by atoms with Gasteiger partial charge in [-0.3, -0.25) is 20.4 Å². The van der Waals surface area contributed by atoms with Crippen LogP contribution in [0.5, 0.6) is 11.5 Å². The minimum absolute atomic E-state index is 0.0658. The lowest BCUT2D eigenvalue weighted by Gasteiger charge is -2.25. The van der Waals surface area contributed by atoms with Crippen LogP contribution in [0.3, 0.4) is 0 Å². The second-order valence-electron chi connectivity index (χ2n) is 7.35. The van der Waals surface area contributed by atoms with Gasteiger partial charge in [0, 0.05) is 11.3 Å². The maximum Gasteiger partial charge on any atom is 0.283 e. The van der Waals surface area contributed by atoms with Crippen LogP contribution in [-0.4, -0.2) is 34.5 Å². The van der Waals surface area contributed by atoms with E-state index >= 15 is 0 Å². The van der Waals surface area contributed by atoms with E-state index in [1.54, 1.807) is 42.1 Å². The summed E-state index contributed by atoms with van der Waals surface area (Å²) in [6.45, 7) is 0.0658. The maximum absolute atomic E-state index is 12.4. The van der Waals surface area contributed by atoms with Gasteiger partial charge in [-0.2, -0.15) is 0 Å². The Hall–Kier alpha value is -3.98. The summed E-state index contributed by atoms with van der Waals surface area (Å²) in [4.78, 5) is 32.6. The molecule has 0 unspecified atom stereocenters. The number of fused-ring (bicyclic) bond motifs is 2. The summed E-state index contributed by atoms with van der Waals surface area (Å²) in [5.41, 5.74) is 8.23. The summed E-state index contributed by atoms with van der Waals surface area (Å²) in [7, 11) is 0. The first-order valence-electron chi connectivity index (χ1n) is 10.3. The normalized spacial score (nSPS) is 14.6. The summed E-state index contributed by atoms with van der Waals surface area (Å²) in [6, 6.07) is 22.2. The molecule has 33 heavy (non-hydrogen) atoms. The lowest BCUT2D eigenvalue weighted by atomic mass is 10.1. The number of thioether (sulfide) groups is 1. The minimum Gasteiger partial charge on any atom is -0.485 e. The number of benzene rings is 3. The van der Waals surface area contributed by atoms with E-state index in [2.05, 4.69) is 20.8 Å². The van der Waals surface area contributed by atoms with Crippen molar-refractivity contribution in [1.29, 1.82) is 0 Å². The molecular weight excluding hydrogens is 440 g/mol. The van der Waals surface area contributed by atoms with Gasteiger partial charge in [0.25, 0.3) is 11.8 Å². The van der Waals surface area contributed by atoms with Crippen molar-refractivity contribution in [3.8, 4) is 11.5 Å². The number of H-pyrrole nitrogens is 1. The lowest BCUT2D eigenvalue weighted by molar-refractivity contribution is -0.131. The van der Waals surface area contributed by atoms with Gasteiger partial charge in [-0.15, -0.1) is 0 Å². The van der Waals surface area contributed by atoms with Crippen molar-refractivity contribution in [1.82, 2.24) is 20.8 Å². The maximum atomic E-state index is 12.4. The molecule has 0 radical (unpaired) electrons. The highest BCUT2D eigenvalue weighted by Crippen LogP contribution is 2.30. The van der Waals surface area contributed by atoms with Crippen molar-refractivity contribution in [3.05, 3.63) is 83.9 Å². The molecule has 1 aliphatic heterocycles. The van der Waals surface area contributed by atoms with Gasteiger partial charge >= 0.3 is 0 Å². The number of hydrogen-bond donors (Lipinski definition) is 3. The molecule has 3 aromatic carbocycles. The molecule has 0 spiro atoms. The number of aromatic nitrogens is 2. The molecule has 2 amide bonds. The van der Waals surface area contributed by atoms with Gasteiger partial charge < -0.3 is 14.5 Å². The molecule has 4 aromatic rings. The van der Waals surface area contributed by atoms with E-state index in [9.17, 15) is 9.59 Å². The Bertz CT molecular complexity index is 1270. The third kappa shape index (κ3) is 4.78. The highest BCUT2D eigenvalue weighted by Gasteiger charge is 2.27. The molecule has 0 bridgehead atoms. The molecule has 1 aliphatic rings. The van der Waals surface area contributed by atoms with Crippen molar-refractivity contribution in [2.75, 3.05) is 6.61 Å². The fraction of sp³-hybridized carbons (Fsp3) is 0.125. The molecule has 0 saturated carbocycles. The number of amides is 2. The smallest absolute Gasteiger partial charge is 0.283 e. The van der Waals surface area contributed by atoms with E-state index in [1.165, 1.54) is 0 Å². The molecule has 166 valence electrons. The summed E-state index contributed by atoms with van der Waals surface area (Å²) in [5, 5.41) is 0.845.